The van der Waals surface area contributed by atoms with E-state index < -0.39 is 69.8 Å². The van der Waals surface area contributed by atoms with E-state index in [0.29, 0.717) is 23.3 Å². The van der Waals surface area contributed by atoms with Gasteiger partial charge in [0.05, 0.1) is 10.3 Å². The van der Waals surface area contributed by atoms with Crippen molar-refractivity contribution in [2.75, 3.05) is 0 Å². The molecule has 7 fully saturated rings. The highest BCUT2D eigenvalue weighted by Crippen LogP contribution is 2.61. The summed E-state index contributed by atoms with van der Waals surface area (Å²) in [6, 6.07) is 4.27. The molecular formula is C30H32O10S. The molecule has 11 heteroatoms. The van der Waals surface area contributed by atoms with Crippen molar-refractivity contribution in [3.05, 3.63) is 35.4 Å². The van der Waals surface area contributed by atoms with Crippen LogP contribution >= 0.6 is 0 Å². The summed E-state index contributed by atoms with van der Waals surface area (Å²) in [4.78, 5) is 40.0. The predicted molar refractivity (Wildman–Crippen MR) is 140 cm³/mol. The Balaban J connectivity index is 1.01. The summed E-state index contributed by atoms with van der Waals surface area (Å²) in [5, 5.41) is 0. The van der Waals surface area contributed by atoms with E-state index in [1.807, 2.05) is 6.92 Å². The summed E-state index contributed by atoms with van der Waals surface area (Å²) in [6.07, 6.45) is 5.72. The third-order valence-corrected chi connectivity index (χ3v) is 11.8. The normalized spacial score (nSPS) is 44.5. The molecule has 8 aliphatic rings. The number of hydrogen-bond donors (Lipinski definition) is 1. The first-order valence-electron chi connectivity index (χ1n) is 14.6. The van der Waals surface area contributed by atoms with E-state index in [4.69, 9.17) is 18.9 Å². The molecule has 3 aliphatic heterocycles. The molecule has 8 atom stereocenters. The van der Waals surface area contributed by atoms with Gasteiger partial charge in [0, 0.05) is 5.92 Å². The first-order valence-corrected chi connectivity index (χ1v) is 16.0. The zero-order valence-electron chi connectivity index (χ0n) is 22.5. The van der Waals surface area contributed by atoms with E-state index in [1.54, 1.807) is 18.2 Å². The molecule has 7 unspecified atom stereocenters. The van der Waals surface area contributed by atoms with E-state index in [9.17, 15) is 27.4 Å². The van der Waals surface area contributed by atoms with Crippen LogP contribution in [0.3, 0.4) is 0 Å². The van der Waals surface area contributed by atoms with Gasteiger partial charge in [-0.25, -0.2) is 0 Å². The van der Waals surface area contributed by atoms with Crippen LogP contribution in [-0.2, 0) is 43.4 Å². The second-order valence-corrected chi connectivity index (χ2v) is 14.8. The molecule has 218 valence electrons. The van der Waals surface area contributed by atoms with Gasteiger partial charge in [-0.05, 0) is 85.6 Å². The zero-order chi connectivity index (χ0) is 28.4. The van der Waals surface area contributed by atoms with E-state index in [2.05, 4.69) is 0 Å². The lowest BCUT2D eigenvalue weighted by Gasteiger charge is -2.55. The molecule has 4 saturated carbocycles. The van der Waals surface area contributed by atoms with Gasteiger partial charge in [0.25, 0.3) is 10.1 Å². The monoisotopic (exact) mass is 584 g/mol. The van der Waals surface area contributed by atoms with Crippen LogP contribution < -0.4 is 0 Å². The smallest absolute Gasteiger partial charge is 0.313 e. The summed E-state index contributed by atoms with van der Waals surface area (Å²) >= 11 is 0. The van der Waals surface area contributed by atoms with Gasteiger partial charge in [-0.15, -0.1) is 0 Å². The van der Waals surface area contributed by atoms with Gasteiger partial charge in [-0.1, -0.05) is 19.1 Å². The first kappa shape index (κ1) is 25.9. The molecule has 10 nitrogen and oxygen atoms in total. The fourth-order valence-corrected chi connectivity index (χ4v) is 10.0. The lowest BCUT2D eigenvalue weighted by molar-refractivity contribution is -0.186. The minimum atomic E-state index is -4.35. The van der Waals surface area contributed by atoms with Gasteiger partial charge in [0.2, 0.25) is 0 Å². The molecule has 5 aliphatic carbocycles. The van der Waals surface area contributed by atoms with E-state index in [-0.39, 0.29) is 16.8 Å². The van der Waals surface area contributed by atoms with Gasteiger partial charge >= 0.3 is 17.9 Å². The fourth-order valence-electron chi connectivity index (χ4n) is 9.52. The number of rotatable bonds is 5. The molecule has 0 aromatic heterocycles. The van der Waals surface area contributed by atoms with Crippen LogP contribution in [0.4, 0.5) is 0 Å². The van der Waals surface area contributed by atoms with Crippen molar-refractivity contribution in [3.63, 3.8) is 0 Å². The average molecular weight is 585 g/mol. The van der Waals surface area contributed by atoms with Gasteiger partial charge in [-0.2, -0.15) is 8.42 Å². The molecule has 3 saturated heterocycles. The van der Waals surface area contributed by atoms with Crippen molar-refractivity contribution in [3.8, 4) is 0 Å². The standard InChI is InChI=1S/C30H32O10S/c1-13-19-4-3-18(41(34,35)36)9-17(19)2-5-20(13)37-27(31)21-22-23-25(39-28(22)32)26(24(21)38-23)40-29(33)30-10-14-6-15(11-30)8-16(7-14)12-30/h2-5,9,13-16,20-26H,6-8,10-12H2,1H3,(H,34,35,36)/t13?,14?,15?,16?,20?,21?,22-,23?,24?,25?,26?,30?/m0/s1. The summed E-state index contributed by atoms with van der Waals surface area (Å²) in [6.45, 7) is 1.85. The van der Waals surface area contributed by atoms with E-state index >= 15 is 0 Å². The first-order chi connectivity index (χ1) is 19.5. The van der Waals surface area contributed by atoms with Crippen molar-refractivity contribution in [1.82, 2.24) is 0 Å². The van der Waals surface area contributed by atoms with E-state index in [1.165, 1.54) is 31.4 Å². The number of hydrogen-bond acceptors (Lipinski definition) is 9. The number of fused-ring (bicyclic) bond motifs is 2. The molecule has 6 bridgehead atoms. The van der Waals surface area contributed by atoms with Crippen molar-refractivity contribution >= 4 is 34.1 Å². The lowest BCUT2D eigenvalue weighted by atomic mass is 9.49. The van der Waals surface area contributed by atoms with Crippen LogP contribution in [0.15, 0.2) is 29.2 Å². The number of esters is 3. The van der Waals surface area contributed by atoms with Crippen LogP contribution in [0.1, 0.15) is 62.5 Å². The second-order valence-electron chi connectivity index (χ2n) is 13.4. The molecule has 1 aromatic carbocycles. The van der Waals surface area contributed by atoms with Crippen LogP contribution in [0, 0.1) is 35.0 Å². The Labute approximate surface area is 237 Å². The highest BCUT2D eigenvalue weighted by Gasteiger charge is 2.72. The summed E-state index contributed by atoms with van der Waals surface area (Å²) in [5.74, 6) is -1.77. The Bertz CT molecular complexity index is 1460. The van der Waals surface area contributed by atoms with Crippen molar-refractivity contribution in [1.29, 1.82) is 0 Å². The van der Waals surface area contributed by atoms with Gasteiger partial charge < -0.3 is 18.9 Å². The Morgan fingerprint density at radius 1 is 1.00 bits per heavy atom. The van der Waals surface area contributed by atoms with Crippen LogP contribution in [0.25, 0.3) is 6.08 Å². The number of carbonyl (C=O) groups is 3. The van der Waals surface area contributed by atoms with Crippen LogP contribution in [0.5, 0.6) is 0 Å². The molecule has 41 heavy (non-hydrogen) atoms. The highest BCUT2D eigenvalue weighted by molar-refractivity contribution is 7.85. The quantitative estimate of drug-likeness (QED) is 0.312. The summed E-state index contributed by atoms with van der Waals surface area (Å²) in [7, 11) is -4.35. The maximum Gasteiger partial charge on any atom is 0.313 e. The van der Waals surface area contributed by atoms with Crippen LogP contribution in [0.2, 0.25) is 0 Å². The van der Waals surface area contributed by atoms with Crippen molar-refractivity contribution in [2.24, 2.45) is 35.0 Å². The molecule has 1 N–H and O–H groups in total. The molecule has 1 aromatic rings. The number of ether oxygens (including phenoxy) is 4. The third kappa shape index (κ3) is 3.81. The number of carbonyl (C=O) groups excluding carboxylic acids is 3. The average Bonchev–Trinajstić information content (AvgIpc) is 3.53. The minimum absolute atomic E-state index is 0.217. The van der Waals surface area contributed by atoms with Gasteiger partial charge in [-0.3, -0.25) is 18.9 Å². The Hall–Kier alpha value is -2.76. The molecule has 0 spiro atoms. The largest absolute Gasteiger partial charge is 0.457 e. The van der Waals surface area contributed by atoms with E-state index in [0.717, 1.165) is 24.8 Å². The molecule has 9 rings (SSSR count). The summed E-state index contributed by atoms with van der Waals surface area (Å²) in [5.41, 5.74) is 0.867. The Morgan fingerprint density at radius 2 is 1.68 bits per heavy atom. The Morgan fingerprint density at radius 3 is 2.34 bits per heavy atom. The lowest BCUT2D eigenvalue weighted by Crippen LogP contribution is -2.54. The predicted octanol–water partition coefficient (Wildman–Crippen LogP) is 3.04. The molecule has 0 radical (unpaired) electrons. The van der Waals surface area contributed by atoms with Crippen LogP contribution in [-0.4, -0.2) is 61.4 Å². The maximum atomic E-state index is 13.7. The zero-order valence-corrected chi connectivity index (χ0v) is 23.3. The minimum Gasteiger partial charge on any atom is -0.457 e. The second kappa shape index (κ2) is 8.64. The van der Waals surface area contributed by atoms with Gasteiger partial charge in [0.15, 0.2) is 12.2 Å². The van der Waals surface area contributed by atoms with Gasteiger partial charge in [0.1, 0.15) is 30.1 Å². The third-order valence-electron chi connectivity index (χ3n) is 10.9. The summed E-state index contributed by atoms with van der Waals surface area (Å²) < 4.78 is 56.2. The maximum absolute atomic E-state index is 13.7. The van der Waals surface area contributed by atoms with Crippen molar-refractivity contribution < 1.29 is 46.3 Å². The number of benzene rings is 1. The SMILES string of the molecule is CC1c2ccc(S(=O)(=O)O)cc2C=CC1OC(=O)C1C2OC3C(OC(=O)[C@H]31)C2OC(=O)C12CC3CC(CC(C3)C1)C2. The fraction of sp³-hybridized carbons (Fsp3) is 0.633. The topological polar surface area (TPSA) is 143 Å². The molecule has 0 amide bonds. The highest BCUT2D eigenvalue weighted by atomic mass is 32.2. The Kier molecular flexibility index (Phi) is 5.46. The van der Waals surface area contributed by atoms with Crippen molar-refractivity contribution in [2.45, 2.75) is 86.8 Å². The molecular weight excluding hydrogens is 552 g/mol. The molecule has 3 heterocycles.